The van der Waals surface area contributed by atoms with Crippen molar-refractivity contribution in [1.82, 2.24) is 44.9 Å². The molecule has 0 aliphatic heterocycles. The van der Waals surface area contributed by atoms with Gasteiger partial charge in [-0.3, -0.25) is 29.3 Å². The molecule has 0 bridgehead atoms. The molecule has 0 aliphatic carbocycles. The fourth-order valence-corrected chi connectivity index (χ4v) is 8.39. The minimum atomic E-state index is -0.869. The zero-order chi connectivity index (χ0) is 58.1. The molecule has 0 fully saturated rings. The number of anilines is 5. The Morgan fingerprint density at radius 1 is 0.543 bits per heavy atom. The number of pyridine rings is 3. The molecule has 28 heteroatoms. The summed E-state index contributed by atoms with van der Waals surface area (Å²) in [6.07, 6.45) is 19.1. The van der Waals surface area contributed by atoms with Crippen LogP contribution in [-0.4, -0.2) is 93.0 Å². The molecule has 81 heavy (non-hydrogen) atoms. The van der Waals surface area contributed by atoms with E-state index in [0.717, 1.165) is 68.2 Å². The summed E-state index contributed by atoms with van der Waals surface area (Å²) in [6, 6.07) is 2.23. The van der Waals surface area contributed by atoms with Gasteiger partial charge in [0.15, 0.2) is 29.1 Å². The second-order valence-electron chi connectivity index (χ2n) is 17.6. The van der Waals surface area contributed by atoms with Gasteiger partial charge in [0.05, 0.1) is 68.5 Å². The van der Waals surface area contributed by atoms with E-state index in [2.05, 4.69) is 85.3 Å². The first-order valence-electron chi connectivity index (χ1n) is 24.8. The van der Waals surface area contributed by atoms with Gasteiger partial charge in [0, 0.05) is 72.3 Å². The number of nitrogens with zero attached hydrogens (tertiary/aromatic N) is 9. The van der Waals surface area contributed by atoms with Gasteiger partial charge in [0.1, 0.15) is 39.5 Å². The smallest absolute Gasteiger partial charge is 0.870 e. The number of carbonyl (C=O) groups excluding carboxylic acids is 2. The molecule has 6 heterocycles. The Bertz CT molecular complexity index is 2900. The molecule has 6 rings (SSSR count). The van der Waals surface area contributed by atoms with Crippen LogP contribution in [0.4, 0.5) is 55.4 Å². The van der Waals surface area contributed by atoms with Crippen molar-refractivity contribution in [2.45, 2.75) is 135 Å². The van der Waals surface area contributed by atoms with Crippen molar-refractivity contribution in [2.75, 3.05) is 30.6 Å². The van der Waals surface area contributed by atoms with Crippen LogP contribution in [0.3, 0.4) is 0 Å². The Hall–Kier alpha value is -6.92. The summed E-state index contributed by atoms with van der Waals surface area (Å²) in [6.45, 7) is 12.1. The van der Waals surface area contributed by atoms with E-state index in [0.29, 0.717) is 61.5 Å². The van der Waals surface area contributed by atoms with Gasteiger partial charge in [-0.15, -0.1) is 0 Å². The number of halogens is 7. The number of carboxylic acid groups (broad SMARTS) is 1. The zero-order valence-corrected chi connectivity index (χ0v) is 48.2. The summed E-state index contributed by atoms with van der Waals surface area (Å²) in [5, 5.41) is 14.4. The molecule has 0 spiro atoms. The summed E-state index contributed by atoms with van der Waals surface area (Å²) in [5.41, 5.74) is 6.92. The van der Waals surface area contributed by atoms with Crippen LogP contribution in [-0.2, 0) is 40.1 Å². The number of carboxylic acids is 1. The Labute approximate surface area is 486 Å². The van der Waals surface area contributed by atoms with Crippen molar-refractivity contribution < 1.29 is 85.1 Å². The maximum atomic E-state index is 13.8. The first-order valence-corrected chi connectivity index (χ1v) is 25.6. The van der Waals surface area contributed by atoms with Crippen molar-refractivity contribution in [3.8, 4) is 0 Å². The number of hydrogen-bond donors (Lipinski definition) is 4. The van der Waals surface area contributed by atoms with Crippen molar-refractivity contribution in [1.29, 1.82) is 0 Å². The van der Waals surface area contributed by atoms with E-state index in [4.69, 9.17) is 20.3 Å². The van der Waals surface area contributed by atoms with Crippen molar-refractivity contribution in [2.24, 2.45) is 0 Å². The van der Waals surface area contributed by atoms with Crippen LogP contribution in [0.15, 0.2) is 78.6 Å². The number of nitrogen functional groups attached to an aromatic ring is 1. The van der Waals surface area contributed by atoms with Gasteiger partial charge in [-0.2, -0.15) is 0 Å². The minimum absolute atomic E-state index is 0. The van der Waals surface area contributed by atoms with Gasteiger partial charge in [-0.1, -0.05) is 41.5 Å². The number of hydrogen-bond acceptors (Lipinski definition) is 18. The van der Waals surface area contributed by atoms with Crippen LogP contribution in [0.5, 0.6) is 0 Å². The maximum absolute atomic E-state index is 13.8. The molecule has 6 aromatic heterocycles. The summed E-state index contributed by atoms with van der Waals surface area (Å²) in [5.74, 6) is -5.21. The SMILES string of the molecule is CCC(CC)(CCC(=O)O)c1cncc(Nc2ncc(F)cc2F)n1.CCC(CC)(CCC(=O)OC)c1cncc(N)n1.CCC(CC)(CCC(=O)OC)c1cncc(Nc2ncc(F)cc2F)n1.Fc1cnc(Br)c(F)c1.O.[Li+].[OH-]. The number of nitrogens with one attached hydrogen (secondary N) is 2. The number of rotatable bonds is 22. The number of nitrogens with two attached hydrogens (primary N) is 1. The molecule has 0 saturated heterocycles. The van der Waals surface area contributed by atoms with E-state index in [1.807, 2.05) is 27.7 Å². The molecule has 6 aromatic rings. The predicted octanol–water partition coefficient (Wildman–Crippen LogP) is 7.92. The Balaban J connectivity index is 0.00000109. The van der Waals surface area contributed by atoms with Gasteiger partial charge >= 0.3 is 36.8 Å². The first kappa shape index (κ1) is 74.1. The molecule has 0 atom stereocenters. The topological polar surface area (TPSA) is 317 Å². The van der Waals surface area contributed by atoms with E-state index in [1.165, 1.54) is 32.8 Å². The van der Waals surface area contributed by atoms with E-state index in [9.17, 15) is 40.7 Å². The predicted molar refractivity (Wildman–Crippen MR) is 289 cm³/mol. The molecular formula is C53H68BrF6LiN12O8. The normalized spacial score (nSPS) is 10.7. The second-order valence-corrected chi connectivity index (χ2v) is 18.3. The first-order chi connectivity index (χ1) is 37.1. The quantitative estimate of drug-likeness (QED) is 0.0217. The number of aromatic nitrogens is 9. The number of methoxy groups -OCH3 is 2. The van der Waals surface area contributed by atoms with E-state index in [-0.39, 0.29) is 87.5 Å². The molecule has 0 unspecified atom stereocenters. The molecule has 0 aliphatic rings. The molecule has 0 aromatic carbocycles. The molecule has 438 valence electrons. The Morgan fingerprint density at radius 3 is 1.19 bits per heavy atom. The van der Waals surface area contributed by atoms with Gasteiger partial charge in [0.25, 0.3) is 0 Å². The number of aliphatic carboxylic acids is 1. The average Bonchev–Trinajstić information content (AvgIpc) is 3.44. The van der Waals surface area contributed by atoms with Crippen LogP contribution in [0.2, 0.25) is 0 Å². The third-order valence-electron chi connectivity index (χ3n) is 13.4. The summed E-state index contributed by atoms with van der Waals surface area (Å²) < 4.78 is 87.2. The maximum Gasteiger partial charge on any atom is 1.00 e. The summed E-state index contributed by atoms with van der Waals surface area (Å²) in [7, 11) is 2.76. The zero-order valence-electron chi connectivity index (χ0n) is 46.6. The molecule has 0 amide bonds. The second kappa shape index (κ2) is 36.4. The van der Waals surface area contributed by atoms with Crippen LogP contribution in [0.25, 0.3) is 0 Å². The van der Waals surface area contributed by atoms with Crippen LogP contribution >= 0.6 is 15.9 Å². The van der Waals surface area contributed by atoms with Gasteiger partial charge in [-0.25, -0.2) is 56.2 Å². The Morgan fingerprint density at radius 2 is 0.877 bits per heavy atom. The average molecular weight is 1200 g/mol. The molecule has 0 saturated carbocycles. The van der Waals surface area contributed by atoms with Gasteiger partial charge in [-0.05, 0) is 73.7 Å². The Kier molecular flexibility index (Phi) is 33.3. The summed E-state index contributed by atoms with van der Waals surface area (Å²) in [4.78, 5) is 70.2. The molecular weight excluding hydrogens is 1130 g/mol. The molecule has 8 N–H and O–H groups in total. The minimum Gasteiger partial charge on any atom is -0.870 e. The van der Waals surface area contributed by atoms with Crippen LogP contribution < -0.4 is 35.2 Å². The standard InChI is InChI=1S/C18H22F2N4O2.C17H20F2N4O2.C13H21N3O2.C5H2BrF2N.Li.2H2O/c1-4-18(5-2,7-6-16(25)26-3)14-10-21-11-15(23-14)24-17-13(20)8-12(19)9-22-17;1-3-17(4-2,6-5-15(24)25)13-9-20-10-14(22-13)23-16-12(19)7-11(18)8-21-16;1-4-13(5-2,7-6-12(17)18-3)10-8-15-9-11(14)16-10;6-5-4(8)1-3(7)2-9-5;;;/h8-11H,4-7H2,1-3H3,(H,22,23,24);7-10H,3-6H2,1-2H3,(H,24,25)(H,21,22,23);8-9H,4-7H2,1-3H3,(H2,14,16);1-2H;;2*1H2/q;;;;+1;;/p-1. The fourth-order valence-electron chi connectivity index (χ4n) is 8.17. The number of ether oxygens (including phenoxy) is 2. The molecule has 0 radical (unpaired) electrons. The van der Waals surface area contributed by atoms with Gasteiger partial charge < -0.3 is 41.9 Å². The van der Waals surface area contributed by atoms with Crippen molar-refractivity contribution in [3.05, 3.63) is 131 Å². The third kappa shape index (κ3) is 22.5. The van der Waals surface area contributed by atoms with Crippen molar-refractivity contribution in [3.63, 3.8) is 0 Å². The van der Waals surface area contributed by atoms with Gasteiger partial charge in [0.2, 0.25) is 0 Å². The van der Waals surface area contributed by atoms with Crippen LogP contribution in [0.1, 0.15) is 136 Å². The molecule has 20 nitrogen and oxygen atoms in total. The number of esters is 2. The van der Waals surface area contributed by atoms with E-state index in [1.54, 1.807) is 18.6 Å². The third-order valence-corrected chi connectivity index (χ3v) is 14.0. The van der Waals surface area contributed by atoms with E-state index < -0.39 is 46.3 Å². The van der Waals surface area contributed by atoms with Crippen LogP contribution in [0, 0.1) is 34.9 Å². The summed E-state index contributed by atoms with van der Waals surface area (Å²) >= 11 is 2.78. The number of carbonyl (C=O) groups is 3. The monoisotopic (exact) mass is 1200 g/mol. The van der Waals surface area contributed by atoms with Crippen molar-refractivity contribution >= 4 is 62.9 Å². The fraction of sp³-hybridized carbons (Fsp3) is 0.434. The van der Waals surface area contributed by atoms with E-state index >= 15 is 0 Å². The largest absolute Gasteiger partial charge is 1.00 e.